The molecule has 1 aromatic heterocycles. The fourth-order valence-electron chi connectivity index (χ4n) is 2.27. The molecule has 24 heavy (non-hydrogen) atoms. The SMILES string of the molecule is O=[N+]([O-])c1ccc(NCc2cccc(Nc3ccncc3)c2)cc1. The van der Waals surface area contributed by atoms with E-state index in [1.165, 1.54) is 12.1 Å². The molecule has 2 aromatic carbocycles. The first-order valence-corrected chi connectivity index (χ1v) is 7.45. The summed E-state index contributed by atoms with van der Waals surface area (Å²) in [4.78, 5) is 14.2. The van der Waals surface area contributed by atoms with Gasteiger partial charge in [0, 0.05) is 48.1 Å². The molecule has 0 aliphatic heterocycles. The van der Waals surface area contributed by atoms with Gasteiger partial charge in [-0.05, 0) is 42.0 Å². The van der Waals surface area contributed by atoms with Gasteiger partial charge in [-0.15, -0.1) is 0 Å². The molecule has 0 saturated carbocycles. The van der Waals surface area contributed by atoms with Gasteiger partial charge in [0.25, 0.3) is 5.69 Å². The number of rotatable bonds is 6. The fourth-order valence-corrected chi connectivity index (χ4v) is 2.27. The van der Waals surface area contributed by atoms with Gasteiger partial charge < -0.3 is 10.6 Å². The monoisotopic (exact) mass is 320 g/mol. The topological polar surface area (TPSA) is 80.1 Å². The summed E-state index contributed by atoms with van der Waals surface area (Å²) >= 11 is 0. The molecule has 120 valence electrons. The number of aromatic nitrogens is 1. The number of pyridine rings is 1. The minimum atomic E-state index is -0.405. The second-order valence-corrected chi connectivity index (χ2v) is 5.22. The van der Waals surface area contributed by atoms with E-state index in [1.807, 2.05) is 30.3 Å². The average molecular weight is 320 g/mol. The van der Waals surface area contributed by atoms with Gasteiger partial charge in [-0.2, -0.15) is 0 Å². The van der Waals surface area contributed by atoms with Crippen LogP contribution < -0.4 is 10.6 Å². The zero-order chi connectivity index (χ0) is 16.8. The molecule has 0 atom stereocenters. The number of nitro benzene ring substituents is 1. The molecule has 3 rings (SSSR count). The number of hydrogen-bond acceptors (Lipinski definition) is 5. The Kier molecular flexibility index (Phi) is 4.67. The van der Waals surface area contributed by atoms with Crippen LogP contribution in [-0.4, -0.2) is 9.91 Å². The van der Waals surface area contributed by atoms with Gasteiger partial charge in [0.2, 0.25) is 0 Å². The number of nitrogens with zero attached hydrogens (tertiary/aromatic N) is 2. The quantitative estimate of drug-likeness (QED) is 0.521. The van der Waals surface area contributed by atoms with E-state index in [2.05, 4.69) is 21.7 Å². The summed E-state index contributed by atoms with van der Waals surface area (Å²) in [5.74, 6) is 0. The molecule has 0 bridgehead atoms. The van der Waals surface area contributed by atoms with Crippen molar-refractivity contribution in [2.24, 2.45) is 0 Å². The molecule has 2 N–H and O–H groups in total. The maximum absolute atomic E-state index is 10.7. The number of hydrogen-bond donors (Lipinski definition) is 2. The van der Waals surface area contributed by atoms with Crippen LogP contribution in [0.3, 0.4) is 0 Å². The Bertz CT molecular complexity index is 820. The lowest BCUT2D eigenvalue weighted by molar-refractivity contribution is -0.384. The van der Waals surface area contributed by atoms with Crippen molar-refractivity contribution in [1.29, 1.82) is 0 Å². The Labute approximate surface area is 139 Å². The largest absolute Gasteiger partial charge is 0.381 e. The van der Waals surface area contributed by atoms with E-state index in [9.17, 15) is 10.1 Å². The van der Waals surface area contributed by atoms with Crippen molar-refractivity contribution < 1.29 is 4.92 Å². The van der Waals surface area contributed by atoms with Crippen molar-refractivity contribution in [3.63, 3.8) is 0 Å². The van der Waals surface area contributed by atoms with Crippen LogP contribution in [0.5, 0.6) is 0 Å². The van der Waals surface area contributed by atoms with Crippen LogP contribution in [-0.2, 0) is 6.54 Å². The maximum atomic E-state index is 10.7. The third-order valence-electron chi connectivity index (χ3n) is 3.47. The minimum absolute atomic E-state index is 0.0871. The van der Waals surface area contributed by atoms with Crippen molar-refractivity contribution >= 4 is 22.7 Å². The smallest absolute Gasteiger partial charge is 0.269 e. The molecule has 6 nitrogen and oxygen atoms in total. The molecule has 0 unspecified atom stereocenters. The van der Waals surface area contributed by atoms with E-state index >= 15 is 0 Å². The van der Waals surface area contributed by atoms with E-state index in [0.717, 1.165) is 22.6 Å². The van der Waals surface area contributed by atoms with Gasteiger partial charge in [-0.25, -0.2) is 0 Å². The molecule has 0 aliphatic carbocycles. The number of nitrogens with one attached hydrogen (secondary N) is 2. The third-order valence-corrected chi connectivity index (χ3v) is 3.47. The Morgan fingerprint density at radius 2 is 1.67 bits per heavy atom. The first-order chi connectivity index (χ1) is 11.7. The summed E-state index contributed by atoms with van der Waals surface area (Å²) in [7, 11) is 0. The zero-order valence-electron chi connectivity index (χ0n) is 12.8. The van der Waals surface area contributed by atoms with E-state index in [0.29, 0.717) is 6.54 Å². The number of benzene rings is 2. The Balaban J connectivity index is 1.63. The summed E-state index contributed by atoms with van der Waals surface area (Å²) in [5.41, 5.74) is 4.00. The predicted octanol–water partition coefficient (Wildman–Crippen LogP) is 4.35. The number of nitro groups is 1. The Morgan fingerprint density at radius 3 is 2.38 bits per heavy atom. The van der Waals surface area contributed by atoms with Gasteiger partial charge in [0.15, 0.2) is 0 Å². The fraction of sp³-hybridized carbons (Fsp3) is 0.0556. The molecule has 0 spiro atoms. The zero-order valence-corrected chi connectivity index (χ0v) is 12.8. The van der Waals surface area contributed by atoms with Crippen molar-refractivity contribution in [3.05, 3.63) is 88.7 Å². The molecule has 0 fully saturated rings. The average Bonchev–Trinajstić information content (AvgIpc) is 2.61. The molecular formula is C18H16N4O2. The van der Waals surface area contributed by atoms with Gasteiger partial charge in [-0.1, -0.05) is 12.1 Å². The lowest BCUT2D eigenvalue weighted by Crippen LogP contribution is -2.00. The van der Waals surface area contributed by atoms with Gasteiger partial charge in [0.1, 0.15) is 0 Å². The number of non-ortho nitro benzene ring substituents is 1. The highest BCUT2D eigenvalue weighted by atomic mass is 16.6. The van der Waals surface area contributed by atoms with Crippen LogP contribution in [0.4, 0.5) is 22.7 Å². The Morgan fingerprint density at radius 1 is 0.917 bits per heavy atom. The van der Waals surface area contributed by atoms with Crippen LogP contribution in [0.2, 0.25) is 0 Å². The minimum Gasteiger partial charge on any atom is -0.381 e. The summed E-state index contributed by atoms with van der Waals surface area (Å²) < 4.78 is 0. The third kappa shape index (κ3) is 4.07. The molecule has 0 radical (unpaired) electrons. The van der Waals surface area contributed by atoms with E-state index in [-0.39, 0.29) is 5.69 Å². The van der Waals surface area contributed by atoms with E-state index in [1.54, 1.807) is 24.5 Å². The maximum Gasteiger partial charge on any atom is 0.269 e. The van der Waals surface area contributed by atoms with Crippen LogP contribution in [0.15, 0.2) is 73.1 Å². The molecule has 6 heteroatoms. The lowest BCUT2D eigenvalue weighted by Gasteiger charge is -2.10. The highest BCUT2D eigenvalue weighted by Crippen LogP contribution is 2.19. The van der Waals surface area contributed by atoms with Crippen molar-refractivity contribution in [2.45, 2.75) is 6.54 Å². The first kappa shape index (κ1) is 15.5. The summed E-state index contributed by atoms with van der Waals surface area (Å²) in [5, 5.41) is 17.2. The molecule has 0 aliphatic rings. The summed E-state index contributed by atoms with van der Waals surface area (Å²) in [6, 6.07) is 18.3. The van der Waals surface area contributed by atoms with Crippen molar-refractivity contribution in [3.8, 4) is 0 Å². The normalized spacial score (nSPS) is 10.2. The molecule has 0 amide bonds. The number of anilines is 3. The molecule has 3 aromatic rings. The van der Waals surface area contributed by atoms with Crippen LogP contribution in [0, 0.1) is 10.1 Å². The van der Waals surface area contributed by atoms with Crippen LogP contribution in [0.25, 0.3) is 0 Å². The Hall–Kier alpha value is -3.41. The summed E-state index contributed by atoms with van der Waals surface area (Å²) in [6.07, 6.45) is 3.48. The lowest BCUT2D eigenvalue weighted by atomic mass is 10.2. The van der Waals surface area contributed by atoms with E-state index in [4.69, 9.17) is 0 Å². The highest BCUT2D eigenvalue weighted by Gasteiger charge is 2.04. The van der Waals surface area contributed by atoms with Gasteiger partial charge in [-0.3, -0.25) is 15.1 Å². The summed E-state index contributed by atoms with van der Waals surface area (Å²) in [6.45, 7) is 0.629. The molecule has 1 heterocycles. The van der Waals surface area contributed by atoms with Crippen LogP contribution in [0.1, 0.15) is 5.56 Å². The van der Waals surface area contributed by atoms with Crippen molar-refractivity contribution in [1.82, 2.24) is 4.98 Å². The van der Waals surface area contributed by atoms with E-state index < -0.39 is 4.92 Å². The van der Waals surface area contributed by atoms with Crippen LogP contribution >= 0.6 is 0 Å². The van der Waals surface area contributed by atoms with Gasteiger partial charge >= 0.3 is 0 Å². The van der Waals surface area contributed by atoms with Crippen molar-refractivity contribution in [2.75, 3.05) is 10.6 Å². The predicted molar refractivity (Wildman–Crippen MR) is 94.4 cm³/mol. The highest BCUT2D eigenvalue weighted by molar-refractivity contribution is 5.60. The molecule has 0 saturated heterocycles. The van der Waals surface area contributed by atoms with Gasteiger partial charge in [0.05, 0.1) is 4.92 Å². The standard InChI is InChI=1S/C18H16N4O2/c23-22(24)18-6-4-15(5-7-18)20-13-14-2-1-3-17(12-14)21-16-8-10-19-11-9-16/h1-12,20H,13H2,(H,19,21). The molecular weight excluding hydrogens is 304 g/mol. The second-order valence-electron chi connectivity index (χ2n) is 5.22. The first-order valence-electron chi connectivity index (χ1n) is 7.45. The second kappa shape index (κ2) is 7.23.